The van der Waals surface area contributed by atoms with Crippen molar-refractivity contribution in [3.63, 3.8) is 0 Å². The van der Waals surface area contributed by atoms with Gasteiger partial charge < -0.3 is 9.73 Å². The van der Waals surface area contributed by atoms with Gasteiger partial charge in [0.2, 0.25) is 11.7 Å². The number of amides is 1. The van der Waals surface area contributed by atoms with Crippen LogP contribution in [0.4, 0.5) is 5.82 Å². The average Bonchev–Trinajstić information content (AvgIpc) is 2.87. The summed E-state index contributed by atoms with van der Waals surface area (Å²) < 4.78 is 5.24. The number of nitrogens with one attached hydrogen (secondary N) is 4. The highest BCUT2D eigenvalue weighted by atomic mass is 16.3. The number of carbonyl (C=O) groups is 1. The molecule has 0 fully saturated rings. The fraction of sp³-hybridized carbons (Fsp3) is 0.250. The molecule has 0 saturated carbocycles. The number of aromatic amines is 2. The van der Waals surface area contributed by atoms with E-state index in [4.69, 9.17) is 4.42 Å². The van der Waals surface area contributed by atoms with E-state index in [2.05, 4.69) is 26.0 Å². The van der Waals surface area contributed by atoms with Crippen LogP contribution in [-0.4, -0.2) is 33.8 Å². The fourth-order valence-corrected chi connectivity index (χ4v) is 1.51. The minimum atomic E-state index is -0.698. The number of rotatable bonds is 6. The Kier molecular flexibility index (Phi) is 4.85. The quantitative estimate of drug-likeness (QED) is 0.410. The number of nitrogens with zero attached hydrogens (tertiary/aromatic N) is 2. The zero-order chi connectivity index (χ0) is 15.9. The van der Waals surface area contributed by atoms with Crippen molar-refractivity contribution in [1.29, 1.82) is 0 Å². The first-order valence-corrected chi connectivity index (χ1v) is 6.36. The molecule has 0 spiro atoms. The van der Waals surface area contributed by atoms with Crippen molar-refractivity contribution in [2.75, 3.05) is 11.9 Å². The molecular weight excluding hydrogens is 292 g/mol. The normalized spacial score (nSPS) is 10.8. The Balaban J connectivity index is 1.75. The number of carbonyl (C=O) groups excluding carboxylic acids is 1. The Labute approximate surface area is 123 Å². The first-order valence-electron chi connectivity index (χ1n) is 6.36. The van der Waals surface area contributed by atoms with E-state index < -0.39 is 11.2 Å². The molecule has 0 aliphatic carbocycles. The Bertz CT molecular complexity index is 787. The molecule has 1 amide bonds. The molecular formula is C12H14N6O4. The second-order valence-corrected chi connectivity index (χ2v) is 4.27. The van der Waals surface area contributed by atoms with Crippen LogP contribution in [0.15, 0.2) is 31.2 Å². The minimum Gasteiger partial charge on any atom is -0.460 e. The van der Waals surface area contributed by atoms with Crippen molar-refractivity contribution in [3.8, 4) is 0 Å². The van der Waals surface area contributed by atoms with Gasteiger partial charge in [-0.3, -0.25) is 14.6 Å². The third-order valence-electron chi connectivity index (χ3n) is 2.50. The monoisotopic (exact) mass is 306 g/mol. The van der Waals surface area contributed by atoms with Crippen LogP contribution in [0.3, 0.4) is 0 Å². The van der Waals surface area contributed by atoms with Crippen molar-refractivity contribution in [2.45, 2.75) is 13.3 Å². The smallest absolute Gasteiger partial charge is 0.342 e. The van der Waals surface area contributed by atoms with E-state index in [0.29, 0.717) is 5.76 Å². The lowest BCUT2D eigenvalue weighted by Crippen LogP contribution is -2.28. The van der Waals surface area contributed by atoms with E-state index in [0.717, 1.165) is 5.76 Å². The van der Waals surface area contributed by atoms with E-state index in [1.165, 1.54) is 6.21 Å². The molecule has 10 nitrogen and oxygen atoms in total. The summed E-state index contributed by atoms with van der Waals surface area (Å²) in [6, 6.07) is 3.50. The lowest BCUT2D eigenvalue weighted by Gasteiger charge is -2.02. The first-order chi connectivity index (χ1) is 10.5. The van der Waals surface area contributed by atoms with E-state index in [9.17, 15) is 14.4 Å². The summed E-state index contributed by atoms with van der Waals surface area (Å²) in [4.78, 5) is 35.6. The molecule has 2 aromatic heterocycles. The van der Waals surface area contributed by atoms with Gasteiger partial charge in [-0.2, -0.15) is 5.10 Å². The molecule has 116 valence electrons. The largest absolute Gasteiger partial charge is 0.460 e. The number of furan rings is 1. The van der Waals surface area contributed by atoms with Gasteiger partial charge in [0.25, 0.3) is 5.56 Å². The summed E-state index contributed by atoms with van der Waals surface area (Å²) in [7, 11) is 0. The van der Waals surface area contributed by atoms with Gasteiger partial charge in [0, 0.05) is 13.0 Å². The minimum absolute atomic E-state index is 0.0643. The van der Waals surface area contributed by atoms with Crippen LogP contribution < -0.4 is 22.0 Å². The van der Waals surface area contributed by atoms with Gasteiger partial charge in [-0.15, -0.1) is 5.10 Å². The number of aryl methyl sites for hydroxylation is 1. The molecule has 22 heavy (non-hydrogen) atoms. The number of H-pyrrole nitrogens is 2. The molecule has 0 bridgehead atoms. The van der Waals surface area contributed by atoms with Crippen molar-refractivity contribution in [2.24, 2.45) is 5.10 Å². The Hall–Kier alpha value is -3.17. The number of hydrogen-bond donors (Lipinski definition) is 4. The maximum atomic E-state index is 11.5. The lowest BCUT2D eigenvalue weighted by molar-refractivity contribution is -0.120. The van der Waals surface area contributed by atoms with Crippen molar-refractivity contribution in [1.82, 2.24) is 20.6 Å². The summed E-state index contributed by atoms with van der Waals surface area (Å²) in [5, 5.41) is 11.9. The highest BCUT2D eigenvalue weighted by Gasteiger charge is 2.03. The molecule has 2 aromatic rings. The summed E-state index contributed by atoms with van der Waals surface area (Å²) in [6.07, 6.45) is 1.45. The highest BCUT2D eigenvalue weighted by molar-refractivity contribution is 5.80. The van der Waals surface area contributed by atoms with Gasteiger partial charge in [-0.05, 0) is 19.1 Å². The predicted molar refractivity (Wildman–Crippen MR) is 77.8 cm³/mol. The molecule has 0 atom stereocenters. The molecule has 2 rings (SSSR count). The molecule has 2 heterocycles. The number of hydrogen-bond acceptors (Lipinski definition) is 7. The molecule has 0 aliphatic rings. The van der Waals surface area contributed by atoms with Crippen molar-refractivity contribution < 1.29 is 9.21 Å². The van der Waals surface area contributed by atoms with Crippen LogP contribution in [0.25, 0.3) is 0 Å². The second-order valence-electron chi connectivity index (χ2n) is 4.27. The SMILES string of the molecule is Cc1ccc(/C=N/NC(=O)CCNc2n[nH]c(=O)[nH]c2=O)o1. The van der Waals surface area contributed by atoms with Gasteiger partial charge in [0.15, 0.2) is 0 Å². The molecule has 0 radical (unpaired) electrons. The summed E-state index contributed by atoms with van der Waals surface area (Å²) in [5.74, 6) is 0.852. The topological polar surface area (TPSA) is 145 Å². The highest BCUT2D eigenvalue weighted by Crippen LogP contribution is 2.02. The maximum absolute atomic E-state index is 11.5. The van der Waals surface area contributed by atoms with Crippen LogP contribution in [-0.2, 0) is 4.79 Å². The van der Waals surface area contributed by atoms with Gasteiger partial charge in [-0.25, -0.2) is 15.3 Å². The zero-order valence-electron chi connectivity index (χ0n) is 11.7. The molecule has 0 aromatic carbocycles. The van der Waals surface area contributed by atoms with Crippen LogP contribution in [0, 0.1) is 6.92 Å². The van der Waals surface area contributed by atoms with E-state index in [1.807, 2.05) is 4.98 Å². The summed E-state index contributed by atoms with van der Waals surface area (Å²) >= 11 is 0. The van der Waals surface area contributed by atoms with Gasteiger partial charge in [-0.1, -0.05) is 0 Å². The predicted octanol–water partition coefficient (Wildman–Crippen LogP) is -0.688. The van der Waals surface area contributed by atoms with E-state index in [1.54, 1.807) is 19.1 Å². The standard InChI is InChI=1S/C12H14N6O4/c1-7-2-3-8(22-7)6-14-16-9(19)4-5-13-10-11(20)15-12(21)18-17-10/h2-3,6H,4-5H2,1H3,(H,13,17)(H,16,19)(H2,15,18,20,21)/b14-6+. The van der Waals surface area contributed by atoms with Crippen LogP contribution >= 0.6 is 0 Å². The fourth-order valence-electron chi connectivity index (χ4n) is 1.51. The maximum Gasteiger partial charge on any atom is 0.342 e. The number of hydrazone groups is 1. The Morgan fingerprint density at radius 3 is 2.95 bits per heavy atom. The van der Waals surface area contributed by atoms with E-state index in [-0.39, 0.29) is 24.7 Å². The van der Waals surface area contributed by atoms with Crippen LogP contribution in [0.2, 0.25) is 0 Å². The average molecular weight is 306 g/mol. The van der Waals surface area contributed by atoms with E-state index >= 15 is 0 Å². The van der Waals surface area contributed by atoms with Gasteiger partial charge >= 0.3 is 5.69 Å². The lowest BCUT2D eigenvalue weighted by atomic mass is 10.4. The Morgan fingerprint density at radius 2 is 2.27 bits per heavy atom. The third-order valence-corrected chi connectivity index (χ3v) is 2.50. The van der Waals surface area contributed by atoms with Gasteiger partial charge in [0.05, 0.1) is 6.21 Å². The zero-order valence-corrected chi connectivity index (χ0v) is 11.7. The van der Waals surface area contributed by atoms with Crippen molar-refractivity contribution in [3.05, 3.63) is 44.5 Å². The number of aromatic nitrogens is 3. The number of anilines is 1. The third kappa shape index (κ3) is 4.44. The van der Waals surface area contributed by atoms with Gasteiger partial charge in [0.1, 0.15) is 11.5 Å². The van der Waals surface area contributed by atoms with Crippen LogP contribution in [0.1, 0.15) is 17.9 Å². The molecule has 0 saturated heterocycles. The van der Waals surface area contributed by atoms with Crippen LogP contribution in [0.5, 0.6) is 0 Å². The second kappa shape index (κ2) is 7.02. The molecule has 10 heteroatoms. The molecule has 4 N–H and O–H groups in total. The molecule has 0 unspecified atom stereocenters. The van der Waals surface area contributed by atoms with Crippen molar-refractivity contribution >= 4 is 17.9 Å². The Morgan fingerprint density at radius 1 is 1.45 bits per heavy atom. The summed E-state index contributed by atoms with van der Waals surface area (Å²) in [5.41, 5.74) is 0.961. The molecule has 0 aliphatic heterocycles. The first kappa shape index (κ1) is 15.2. The summed E-state index contributed by atoms with van der Waals surface area (Å²) in [6.45, 7) is 1.96.